The summed E-state index contributed by atoms with van der Waals surface area (Å²) in [7, 11) is -1.01. The molecule has 1 amide bonds. The summed E-state index contributed by atoms with van der Waals surface area (Å²) in [6.45, 7) is 1.42. The normalized spacial score (nSPS) is 22.4. The van der Waals surface area contributed by atoms with Gasteiger partial charge in [0.1, 0.15) is 29.3 Å². The number of carbonyl (C=O) groups excluding carboxylic acids is 1. The quantitative estimate of drug-likeness (QED) is 0.756. The Hall–Kier alpha value is -2.26. The Labute approximate surface area is 150 Å². The Kier molecular flexibility index (Phi) is 4.50. The van der Waals surface area contributed by atoms with Gasteiger partial charge >= 0.3 is 13.1 Å². The van der Waals surface area contributed by atoms with Crippen LogP contribution in [0.2, 0.25) is 6.32 Å². The first-order valence-corrected chi connectivity index (χ1v) is 8.84. The fourth-order valence-electron chi connectivity index (χ4n) is 3.56. The molecule has 0 bridgehead atoms. The second-order valence-corrected chi connectivity index (χ2v) is 6.83. The first kappa shape index (κ1) is 17.2. The molecule has 26 heavy (non-hydrogen) atoms. The SMILES string of the molecule is O=C(O)c1c(OC2CN(C(=O)[C@@H]3CCCO3)C2)ccc2c1OB(O)CC2. The highest BCUT2D eigenvalue weighted by Gasteiger charge is 2.38. The van der Waals surface area contributed by atoms with Crippen molar-refractivity contribution in [3.63, 3.8) is 0 Å². The third-order valence-corrected chi connectivity index (χ3v) is 4.99. The van der Waals surface area contributed by atoms with Gasteiger partial charge in [-0.15, -0.1) is 0 Å². The highest BCUT2D eigenvalue weighted by molar-refractivity contribution is 6.44. The maximum Gasteiger partial charge on any atom is 0.522 e. The number of carboxylic acid groups (broad SMARTS) is 1. The van der Waals surface area contributed by atoms with Crippen LogP contribution in [-0.2, 0) is 16.0 Å². The van der Waals surface area contributed by atoms with Crippen molar-refractivity contribution in [3.8, 4) is 11.5 Å². The number of fused-ring (bicyclic) bond motifs is 1. The minimum absolute atomic E-state index is 0.0299. The number of amides is 1. The second-order valence-electron chi connectivity index (χ2n) is 6.83. The third-order valence-electron chi connectivity index (χ3n) is 4.99. The van der Waals surface area contributed by atoms with Crippen LogP contribution in [0.15, 0.2) is 12.1 Å². The fourth-order valence-corrected chi connectivity index (χ4v) is 3.56. The lowest BCUT2D eigenvalue weighted by molar-refractivity contribution is -0.149. The van der Waals surface area contributed by atoms with Crippen LogP contribution in [0.3, 0.4) is 0 Å². The maximum absolute atomic E-state index is 12.2. The number of carbonyl (C=O) groups is 2. The summed E-state index contributed by atoms with van der Waals surface area (Å²) in [6.07, 6.45) is 1.98. The number of aromatic carboxylic acids is 1. The summed E-state index contributed by atoms with van der Waals surface area (Å²) in [5.74, 6) is -0.838. The van der Waals surface area contributed by atoms with E-state index < -0.39 is 13.1 Å². The standard InChI is InChI=1S/C17H20BNO7/c20-16(13-2-1-7-24-13)19-8-11(9-19)25-12-4-3-10-5-6-18(23)26-15(10)14(12)17(21)22/h3-4,11,13,23H,1-2,5-9H2,(H,21,22)/t13-/m0/s1. The minimum atomic E-state index is -1.17. The molecular weight excluding hydrogens is 341 g/mol. The van der Waals surface area contributed by atoms with E-state index in [4.69, 9.17) is 14.1 Å². The zero-order chi connectivity index (χ0) is 18.3. The molecule has 2 fully saturated rings. The second kappa shape index (κ2) is 6.81. The van der Waals surface area contributed by atoms with Crippen LogP contribution in [-0.4, -0.2) is 65.9 Å². The number of carboxylic acids is 1. The summed E-state index contributed by atoms with van der Waals surface area (Å²) in [5.41, 5.74) is 0.661. The van der Waals surface area contributed by atoms with E-state index in [0.29, 0.717) is 32.4 Å². The topological polar surface area (TPSA) is 106 Å². The molecule has 8 nitrogen and oxygen atoms in total. The number of likely N-dealkylation sites (tertiary alicyclic amines) is 1. The van der Waals surface area contributed by atoms with Crippen molar-refractivity contribution in [1.29, 1.82) is 0 Å². The minimum Gasteiger partial charge on any atom is -0.535 e. The van der Waals surface area contributed by atoms with E-state index >= 15 is 0 Å². The Bertz CT molecular complexity index is 728. The van der Waals surface area contributed by atoms with Gasteiger partial charge in [0.25, 0.3) is 5.91 Å². The first-order valence-electron chi connectivity index (χ1n) is 8.84. The van der Waals surface area contributed by atoms with Crippen molar-refractivity contribution in [2.75, 3.05) is 19.7 Å². The Morgan fingerprint density at radius 3 is 2.81 bits per heavy atom. The Morgan fingerprint density at radius 1 is 1.31 bits per heavy atom. The van der Waals surface area contributed by atoms with Crippen LogP contribution in [0, 0.1) is 0 Å². The highest BCUT2D eigenvalue weighted by Crippen LogP contribution is 2.37. The molecule has 3 heterocycles. The maximum atomic E-state index is 12.2. The molecule has 2 N–H and O–H groups in total. The molecule has 0 radical (unpaired) electrons. The molecule has 3 aliphatic rings. The van der Waals surface area contributed by atoms with Crippen LogP contribution < -0.4 is 9.39 Å². The van der Waals surface area contributed by atoms with Crippen LogP contribution >= 0.6 is 0 Å². The molecular formula is C17H20BNO7. The van der Waals surface area contributed by atoms with Gasteiger partial charge in [-0.05, 0) is 37.2 Å². The van der Waals surface area contributed by atoms with Gasteiger partial charge in [-0.3, -0.25) is 4.79 Å². The molecule has 1 atom stereocenters. The molecule has 0 aliphatic carbocycles. The van der Waals surface area contributed by atoms with Gasteiger partial charge in [-0.25, -0.2) is 4.79 Å². The van der Waals surface area contributed by atoms with Crippen LogP contribution in [0.5, 0.6) is 11.5 Å². The van der Waals surface area contributed by atoms with Gasteiger partial charge in [-0.2, -0.15) is 0 Å². The van der Waals surface area contributed by atoms with Crippen LogP contribution in [0.4, 0.5) is 0 Å². The predicted octanol–water partition coefficient (Wildman–Crippen LogP) is 0.569. The summed E-state index contributed by atoms with van der Waals surface area (Å²) >= 11 is 0. The Balaban J connectivity index is 1.45. The molecule has 3 aliphatic heterocycles. The summed E-state index contributed by atoms with van der Waals surface area (Å²) in [6, 6.07) is 3.38. The van der Waals surface area contributed by atoms with Crippen molar-refractivity contribution in [1.82, 2.24) is 4.90 Å². The van der Waals surface area contributed by atoms with Gasteiger partial charge in [0.15, 0.2) is 0 Å². The number of aryl methyl sites for hydroxylation is 1. The number of ether oxygens (including phenoxy) is 2. The average molecular weight is 361 g/mol. The lowest BCUT2D eigenvalue weighted by Crippen LogP contribution is -2.58. The number of rotatable bonds is 4. The molecule has 0 saturated carbocycles. The average Bonchev–Trinajstić information content (AvgIpc) is 3.10. The van der Waals surface area contributed by atoms with Gasteiger partial charge < -0.3 is 29.2 Å². The third kappa shape index (κ3) is 3.12. The van der Waals surface area contributed by atoms with Crippen molar-refractivity contribution in [2.24, 2.45) is 0 Å². The first-order chi connectivity index (χ1) is 12.5. The molecule has 1 aromatic carbocycles. The molecule has 0 spiro atoms. The molecule has 0 unspecified atom stereocenters. The van der Waals surface area contributed by atoms with Crippen LogP contribution in [0.1, 0.15) is 28.8 Å². The number of benzene rings is 1. The van der Waals surface area contributed by atoms with Gasteiger partial charge in [0, 0.05) is 6.61 Å². The lowest BCUT2D eigenvalue weighted by atomic mass is 9.78. The molecule has 9 heteroatoms. The van der Waals surface area contributed by atoms with E-state index in [-0.39, 0.29) is 35.2 Å². The van der Waals surface area contributed by atoms with E-state index in [2.05, 4.69) is 0 Å². The zero-order valence-electron chi connectivity index (χ0n) is 14.2. The van der Waals surface area contributed by atoms with E-state index in [1.807, 2.05) is 0 Å². The molecule has 4 rings (SSSR count). The van der Waals surface area contributed by atoms with E-state index in [1.165, 1.54) is 0 Å². The van der Waals surface area contributed by atoms with Crippen molar-refractivity contribution in [2.45, 2.75) is 37.8 Å². The molecule has 1 aromatic rings. The molecule has 0 aromatic heterocycles. The van der Waals surface area contributed by atoms with E-state index in [0.717, 1.165) is 18.4 Å². The van der Waals surface area contributed by atoms with Gasteiger partial charge in [0.05, 0.1) is 13.1 Å². The monoisotopic (exact) mass is 361 g/mol. The van der Waals surface area contributed by atoms with Gasteiger partial charge in [-0.1, -0.05) is 6.07 Å². The number of hydrogen-bond donors (Lipinski definition) is 2. The molecule has 138 valence electrons. The summed E-state index contributed by atoms with van der Waals surface area (Å²) in [4.78, 5) is 25.6. The van der Waals surface area contributed by atoms with E-state index in [9.17, 15) is 19.7 Å². The summed E-state index contributed by atoms with van der Waals surface area (Å²) < 4.78 is 16.5. The van der Waals surface area contributed by atoms with Gasteiger partial charge in [0.2, 0.25) is 0 Å². The largest absolute Gasteiger partial charge is 0.535 e. The predicted molar refractivity (Wildman–Crippen MR) is 90.5 cm³/mol. The fraction of sp³-hybridized carbons (Fsp3) is 0.529. The van der Waals surface area contributed by atoms with Crippen LogP contribution in [0.25, 0.3) is 0 Å². The smallest absolute Gasteiger partial charge is 0.522 e. The highest BCUT2D eigenvalue weighted by atomic mass is 16.5. The summed E-state index contributed by atoms with van der Waals surface area (Å²) in [5, 5.41) is 19.3. The van der Waals surface area contributed by atoms with Crippen molar-refractivity contribution >= 4 is 19.0 Å². The van der Waals surface area contributed by atoms with Crippen molar-refractivity contribution < 1.29 is 33.8 Å². The van der Waals surface area contributed by atoms with Crippen molar-refractivity contribution in [3.05, 3.63) is 23.3 Å². The number of hydrogen-bond acceptors (Lipinski definition) is 6. The number of nitrogens with zero attached hydrogens (tertiary/aromatic N) is 1. The lowest BCUT2D eigenvalue weighted by Gasteiger charge is -2.40. The van der Waals surface area contributed by atoms with E-state index in [1.54, 1.807) is 17.0 Å². The molecule has 2 saturated heterocycles. The zero-order valence-corrected chi connectivity index (χ0v) is 14.2. The Morgan fingerprint density at radius 2 is 2.12 bits per heavy atom.